The first-order valence-electron chi connectivity index (χ1n) is 4.56. The maximum atomic E-state index is 10.7. The number of carboxylic acids is 1. The molecule has 0 bridgehead atoms. The second-order valence-corrected chi connectivity index (χ2v) is 4.19. The van der Waals surface area contributed by atoms with Gasteiger partial charge in [-0.3, -0.25) is 4.79 Å². The van der Waals surface area contributed by atoms with Crippen molar-refractivity contribution in [3.05, 3.63) is 34.4 Å². The Labute approximate surface area is 95.5 Å². The molecule has 0 unspecified atom stereocenters. The van der Waals surface area contributed by atoms with Gasteiger partial charge in [0.1, 0.15) is 6.54 Å². The molecule has 1 heterocycles. The number of aromatic nitrogens is 1. The standard InChI is InChI=1S/C11H10BrNO2/c1-7-11(12)8-4-2-3-5-9(8)13(7)6-10(14)15/h2-5H,6H2,1H3,(H,14,15). The molecule has 78 valence electrons. The number of carboxylic acid groups (broad SMARTS) is 1. The van der Waals surface area contributed by atoms with E-state index in [2.05, 4.69) is 15.9 Å². The van der Waals surface area contributed by atoms with Crippen molar-refractivity contribution in [2.75, 3.05) is 0 Å². The number of hydrogen-bond donors (Lipinski definition) is 1. The van der Waals surface area contributed by atoms with E-state index in [0.29, 0.717) is 0 Å². The fourth-order valence-corrected chi connectivity index (χ4v) is 2.28. The highest BCUT2D eigenvalue weighted by Crippen LogP contribution is 2.30. The zero-order chi connectivity index (χ0) is 11.0. The van der Waals surface area contributed by atoms with Crippen molar-refractivity contribution in [1.29, 1.82) is 0 Å². The molecular formula is C11H10BrNO2. The van der Waals surface area contributed by atoms with E-state index in [0.717, 1.165) is 21.1 Å². The molecule has 0 amide bonds. The van der Waals surface area contributed by atoms with E-state index in [1.807, 2.05) is 31.2 Å². The van der Waals surface area contributed by atoms with Crippen LogP contribution in [0.15, 0.2) is 28.7 Å². The molecule has 15 heavy (non-hydrogen) atoms. The third-order valence-corrected chi connectivity index (χ3v) is 3.45. The second kappa shape index (κ2) is 3.70. The summed E-state index contributed by atoms with van der Waals surface area (Å²) in [6.07, 6.45) is 0. The lowest BCUT2D eigenvalue weighted by Crippen LogP contribution is -2.09. The topological polar surface area (TPSA) is 42.2 Å². The number of benzene rings is 1. The number of carbonyl (C=O) groups is 1. The van der Waals surface area contributed by atoms with Gasteiger partial charge in [-0.25, -0.2) is 0 Å². The molecular weight excluding hydrogens is 258 g/mol. The van der Waals surface area contributed by atoms with Crippen LogP contribution in [0.5, 0.6) is 0 Å². The number of aliphatic carboxylic acids is 1. The average molecular weight is 268 g/mol. The molecule has 0 fully saturated rings. The number of nitrogens with zero attached hydrogens (tertiary/aromatic N) is 1. The van der Waals surface area contributed by atoms with Gasteiger partial charge in [0, 0.05) is 21.1 Å². The predicted octanol–water partition coefficient (Wildman–Crippen LogP) is 2.80. The Morgan fingerprint density at radius 1 is 1.47 bits per heavy atom. The molecule has 1 aromatic carbocycles. The van der Waals surface area contributed by atoms with Gasteiger partial charge in [0.05, 0.1) is 0 Å². The van der Waals surface area contributed by atoms with Gasteiger partial charge < -0.3 is 9.67 Å². The molecule has 0 radical (unpaired) electrons. The fourth-order valence-electron chi connectivity index (χ4n) is 1.73. The summed E-state index contributed by atoms with van der Waals surface area (Å²) in [5, 5.41) is 9.88. The Morgan fingerprint density at radius 2 is 2.13 bits per heavy atom. The average Bonchev–Trinajstić information content (AvgIpc) is 2.44. The summed E-state index contributed by atoms with van der Waals surface area (Å²) >= 11 is 3.48. The summed E-state index contributed by atoms with van der Waals surface area (Å²) in [6.45, 7) is 1.91. The first-order valence-corrected chi connectivity index (χ1v) is 5.35. The van der Waals surface area contributed by atoms with Crippen LogP contribution in [-0.4, -0.2) is 15.6 Å². The smallest absolute Gasteiger partial charge is 0.323 e. The molecule has 0 aliphatic heterocycles. The first-order chi connectivity index (χ1) is 7.11. The summed E-state index contributed by atoms with van der Waals surface area (Å²) < 4.78 is 2.77. The Morgan fingerprint density at radius 3 is 2.80 bits per heavy atom. The normalized spacial score (nSPS) is 10.8. The fraction of sp³-hybridized carbons (Fsp3) is 0.182. The Balaban J connectivity index is 2.72. The van der Waals surface area contributed by atoms with Crippen LogP contribution in [0.1, 0.15) is 5.69 Å². The van der Waals surface area contributed by atoms with Crippen molar-refractivity contribution in [2.24, 2.45) is 0 Å². The van der Waals surface area contributed by atoms with Gasteiger partial charge >= 0.3 is 5.97 Å². The largest absolute Gasteiger partial charge is 0.480 e. The minimum absolute atomic E-state index is 0.00204. The summed E-state index contributed by atoms with van der Waals surface area (Å²) in [5.41, 5.74) is 1.89. The summed E-state index contributed by atoms with van der Waals surface area (Å²) in [6, 6.07) is 7.75. The Kier molecular flexibility index (Phi) is 2.52. The van der Waals surface area contributed by atoms with E-state index in [1.54, 1.807) is 4.57 Å². The van der Waals surface area contributed by atoms with Crippen LogP contribution in [0, 0.1) is 6.92 Å². The quantitative estimate of drug-likeness (QED) is 0.909. The van der Waals surface area contributed by atoms with E-state index in [1.165, 1.54) is 0 Å². The molecule has 0 saturated heterocycles. The minimum atomic E-state index is -0.827. The molecule has 1 aromatic heterocycles. The molecule has 2 rings (SSSR count). The van der Waals surface area contributed by atoms with E-state index >= 15 is 0 Å². The van der Waals surface area contributed by atoms with Gasteiger partial charge in [-0.1, -0.05) is 18.2 Å². The molecule has 0 aliphatic rings. The molecule has 0 atom stereocenters. The van der Waals surface area contributed by atoms with Crippen LogP contribution in [0.25, 0.3) is 10.9 Å². The molecule has 0 aliphatic carbocycles. The molecule has 4 heteroatoms. The first kappa shape index (κ1) is 10.2. The minimum Gasteiger partial charge on any atom is -0.480 e. The molecule has 0 spiro atoms. The number of halogens is 1. The van der Waals surface area contributed by atoms with Crippen molar-refractivity contribution in [3.8, 4) is 0 Å². The number of fused-ring (bicyclic) bond motifs is 1. The maximum absolute atomic E-state index is 10.7. The highest BCUT2D eigenvalue weighted by molar-refractivity contribution is 9.10. The van der Waals surface area contributed by atoms with Crippen LogP contribution in [-0.2, 0) is 11.3 Å². The lowest BCUT2D eigenvalue weighted by Gasteiger charge is -2.03. The van der Waals surface area contributed by atoms with Gasteiger partial charge in [0.2, 0.25) is 0 Å². The van der Waals surface area contributed by atoms with Crippen LogP contribution >= 0.6 is 15.9 Å². The van der Waals surface area contributed by atoms with E-state index in [-0.39, 0.29) is 6.54 Å². The van der Waals surface area contributed by atoms with Crippen molar-refractivity contribution in [2.45, 2.75) is 13.5 Å². The molecule has 0 saturated carbocycles. The van der Waals surface area contributed by atoms with Crippen LogP contribution < -0.4 is 0 Å². The zero-order valence-electron chi connectivity index (χ0n) is 8.20. The SMILES string of the molecule is Cc1c(Br)c2ccccc2n1CC(=O)O. The van der Waals surface area contributed by atoms with Crippen LogP contribution in [0.3, 0.4) is 0 Å². The second-order valence-electron chi connectivity index (χ2n) is 3.40. The lowest BCUT2D eigenvalue weighted by atomic mass is 10.2. The third kappa shape index (κ3) is 1.65. The van der Waals surface area contributed by atoms with Crippen LogP contribution in [0.4, 0.5) is 0 Å². The number of hydrogen-bond acceptors (Lipinski definition) is 1. The lowest BCUT2D eigenvalue weighted by molar-refractivity contribution is -0.137. The number of para-hydroxylation sites is 1. The number of rotatable bonds is 2. The molecule has 2 aromatic rings. The van der Waals surface area contributed by atoms with Crippen molar-refractivity contribution in [3.63, 3.8) is 0 Å². The third-order valence-electron chi connectivity index (χ3n) is 2.45. The molecule has 3 nitrogen and oxygen atoms in total. The van der Waals surface area contributed by atoms with Gasteiger partial charge in [-0.2, -0.15) is 0 Å². The Hall–Kier alpha value is -1.29. The van der Waals surface area contributed by atoms with E-state index in [4.69, 9.17) is 5.11 Å². The predicted molar refractivity (Wildman–Crippen MR) is 62.0 cm³/mol. The van der Waals surface area contributed by atoms with E-state index < -0.39 is 5.97 Å². The van der Waals surface area contributed by atoms with Gasteiger partial charge in [-0.15, -0.1) is 0 Å². The highest BCUT2D eigenvalue weighted by Gasteiger charge is 2.12. The highest BCUT2D eigenvalue weighted by atomic mass is 79.9. The van der Waals surface area contributed by atoms with Crippen molar-refractivity contribution >= 4 is 32.8 Å². The molecule has 1 N–H and O–H groups in total. The summed E-state index contributed by atoms with van der Waals surface area (Å²) in [4.78, 5) is 10.7. The van der Waals surface area contributed by atoms with Gasteiger partial charge in [0.25, 0.3) is 0 Å². The maximum Gasteiger partial charge on any atom is 0.323 e. The summed E-state index contributed by atoms with van der Waals surface area (Å²) in [5.74, 6) is -0.827. The van der Waals surface area contributed by atoms with Crippen molar-refractivity contribution < 1.29 is 9.90 Å². The monoisotopic (exact) mass is 267 g/mol. The van der Waals surface area contributed by atoms with Crippen LogP contribution in [0.2, 0.25) is 0 Å². The van der Waals surface area contributed by atoms with Gasteiger partial charge in [-0.05, 0) is 28.9 Å². The summed E-state index contributed by atoms with van der Waals surface area (Å²) in [7, 11) is 0. The van der Waals surface area contributed by atoms with Crippen molar-refractivity contribution in [1.82, 2.24) is 4.57 Å². The zero-order valence-corrected chi connectivity index (χ0v) is 9.78. The van der Waals surface area contributed by atoms with Gasteiger partial charge in [0.15, 0.2) is 0 Å². The van der Waals surface area contributed by atoms with E-state index in [9.17, 15) is 4.79 Å². The Bertz CT molecular complexity index is 531.